The van der Waals surface area contributed by atoms with Crippen molar-refractivity contribution in [2.24, 2.45) is 0 Å². The van der Waals surface area contributed by atoms with Crippen molar-refractivity contribution in [1.82, 2.24) is 9.78 Å². The standard InChI is InChI=1S/C15H16FN3/c1-3-13-8-14(4-2)19(18-13)10-12-7-11(9-17)5-6-15(12)16/h5-8H,3-4,10H2,1-2H3. The van der Waals surface area contributed by atoms with Gasteiger partial charge in [0.1, 0.15) is 5.82 Å². The monoisotopic (exact) mass is 257 g/mol. The van der Waals surface area contributed by atoms with E-state index in [-0.39, 0.29) is 5.82 Å². The molecule has 3 nitrogen and oxygen atoms in total. The minimum atomic E-state index is -0.297. The van der Waals surface area contributed by atoms with Crippen LogP contribution in [0.3, 0.4) is 0 Å². The van der Waals surface area contributed by atoms with Gasteiger partial charge in [0, 0.05) is 11.3 Å². The van der Waals surface area contributed by atoms with Crippen molar-refractivity contribution >= 4 is 0 Å². The number of hydrogen-bond acceptors (Lipinski definition) is 2. The molecule has 0 unspecified atom stereocenters. The van der Waals surface area contributed by atoms with Gasteiger partial charge in [-0.25, -0.2) is 4.39 Å². The fourth-order valence-corrected chi connectivity index (χ4v) is 2.04. The van der Waals surface area contributed by atoms with Crippen molar-refractivity contribution in [3.63, 3.8) is 0 Å². The number of nitriles is 1. The van der Waals surface area contributed by atoms with E-state index in [2.05, 4.69) is 12.0 Å². The highest BCUT2D eigenvalue weighted by Gasteiger charge is 2.09. The molecule has 0 saturated carbocycles. The van der Waals surface area contributed by atoms with Crippen LogP contribution in [0.4, 0.5) is 4.39 Å². The highest BCUT2D eigenvalue weighted by atomic mass is 19.1. The van der Waals surface area contributed by atoms with E-state index in [0.717, 1.165) is 24.2 Å². The average Bonchev–Trinajstić information content (AvgIpc) is 2.83. The molecule has 0 fully saturated rings. The second kappa shape index (κ2) is 5.66. The second-order valence-corrected chi connectivity index (χ2v) is 4.41. The predicted molar refractivity (Wildman–Crippen MR) is 71.2 cm³/mol. The largest absolute Gasteiger partial charge is 0.265 e. The number of hydrogen-bond donors (Lipinski definition) is 0. The van der Waals surface area contributed by atoms with Gasteiger partial charge >= 0.3 is 0 Å². The second-order valence-electron chi connectivity index (χ2n) is 4.41. The third-order valence-electron chi connectivity index (χ3n) is 3.13. The Hall–Kier alpha value is -2.15. The highest BCUT2D eigenvalue weighted by Crippen LogP contribution is 2.14. The fourth-order valence-electron chi connectivity index (χ4n) is 2.04. The minimum absolute atomic E-state index is 0.297. The van der Waals surface area contributed by atoms with Crippen LogP contribution in [-0.4, -0.2) is 9.78 Å². The van der Waals surface area contributed by atoms with E-state index < -0.39 is 0 Å². The summed E-state index contributed by atoms with van der Waals surface area (Å²) in [4.78, 5) is 0. The lowest BCUT2D eigenvalue weighted by atomic mass is 10.1. The molecule has 0 amide bonds. The maximum atomic E-state index is 13.8. The molecule has 1 aromatic carbocycles. The SMILES string of the molecule is CCc1cc(CC)n(Cc2cc(C#N)ccc2F)n1. The summed E-state index contributed by atoms with van der Waals surface area (Å²) >= 11 is 0. The maximum Gasteiger partial charge on any atom is 0.128 e. The van der Waals surface area contributed by atoms with E-state index in [4.69, 9.17) is 5.26 Å². The van der Waals surface area contributed by atoms with Gasteiger partial charge in [-0.2, -0.15) is 10.4 Å². The molecule has 0 spiro atoms. The van der Waals surface area contributed by atoms with Crippen LogP contribution < -0.4 is 0 Å². The zero-order chi connectivity index (χ0) is 13.8. The summed E-state index contributed by atoms with van der Waals surface area (Å²) in [5.74, 6) is -0.297. The number of halogens is 1. The number of aryl methyl sites for hydroxylation is 2. The van der Waals surface area contributed by atoms with E-state index in [1.807, 2.05) is 23.7 Å². The van der Waals surface area contributed by atoms with Gasteiger partial charge in [0.15, 0.2) is 0 Å². The molecule has 0 aliphatic heterocycles. The molecule has 0 saturated heterocycles. The van der Waals surface area contributed by atoms with Crippen LogP contribution in [0.1, 0.15) is 36.4 Å². The van der Waals surface area contributed by atoms with E-state index >= 15 is 0 Å². The number of rotatable bonds is 4. The zero-order valence-electron chi connectivity index (χ0n) is 11.2. The third-order valence-corrected chi connectivity index (χ3v) is 3.13. The van der Waals surface area contributed by atoms with Gasteiger partial charge in [0.05, 0.1) is 23.9 Å². The van der Waals surface area contributed by atoms with Gasteiger partial charge in [0.25, 0.3) is 0 Å². The van der Waals surface area contributed by atoms with Crippen molar-refractivity contribution in [1.29, 1.82) is 5.26 Å². The molecule has 0 bridgehead atoms. The lowest BCUT2D eigenvalue weighted by Gasteiger charge is -2.07. The molecular formula is C15H16FN3. The number of benzene rings is 1. The van der Waals surface area contributed by atoms with Crippen LogP contribution in [-0.2, 0) is 19.4 Å². The van der Waals surface area contributed by atoms with Crippen LogP contribution in [0, 0.1) is 17.1 Å². The Balaban J connectivity index is 2.35. The highest BCUT2D eigenvalue weighted by molar-refractivity contribution is 5.34. The summed E-state index contributed by atoms with van der Waals surface area (Å²) in [5.41, 5.74) is 3.06. The van der Waals surface area contributed by atoms with Crippen LogP contribution in [0.25, 0.3) is 0 Å². The minimum Gasteiger partial charge on any atom is -0.265 e. The Morgan fingerprint density at radius 2 is 2.05 bits per heavy atom. The molecule has 0 atom stereocenters. The molecular weight excluding hydrogens is 241 g/mol. The molecule has 0 radical (unpaired) electrons. The molecule has 0 aliphatic rings. The first kappa shape index (κ1) is 13.3. The van der Waals surface area contributed by atoms with Gasteiger partial charge in [-0.05, 0) is 37.1 Å². The summed E-state index contributed by atoms with van der Waals surface area (Å²) in [6, 6.07) is 8.49. The van der Waals surface area contributed by atoms with Crippen molar-refractivity contribution < 1.29 is 4.39 Å². The molecule has 1 aromatic heterocycles. The van der Waals surface area contributed by atoms with Crippen molar-refractivity contribution in [2.75, 3.05) is 0 Å². The van der Waals surface area contributed by atoms with Gasteiger partial charge in [-0.1, -0.05) is 13.8 Å². The van der Waals surface area contributed by atoms with Crippen molar-refractivity contribution in [3.05, 3.63) is 52.6 Å². The molecule has 1 heterocycles. The first-order chi connectivity index (χ1) is 9.17. The number of aromatic nitrogens is 2. The summed E-state index contributed by atoms with van der Waals surface area (Å²) in [5, 5.41) is 13.3. The summed E-state index contributed by atoms with van der Waals surface area (Å²) in [6.45, 7) is 4.46. The summed E-state index contributed by atoms with van der Waals surface area (Å²) < 4.78 is 15.6. The van der Waals surface area contributed by atoms with Crippen molar-refractivity contribution in [3.8, 4) is 6.07 Å². The normalized spacial score (nSPS) is 10.4. The molecule has 4 heteroatoms. The van der Waals surface area contributed by atoms with Crippen LogP contribution >= 0.6 is 0 Å². The van der Waals surface area contributed by atoms with Gasteiger partial charge in [-0.3, -0.25) is 4.68 Å². The Bertz CT molecular complexity index is 623. The van der Waals surface area contributed by atoms with Gasteiger partial charge < -0.3 is 0 Å². The van der Waals surface area contributed by atoms with E-state index in [1.54, 1.807) is 6.07 Å². The summed E-state index contributed by atoms with van der Waals surface area (Å²) in [7, 11) is 0. The Morgan fingerprint density at radius 1 is 1.26 bits per heavy atom. The quantitative estimate of drug-likeness (QED) is 0.844. The predicted octanol–water partition coefficient (Wildman–Crippen LogP) is 3.07. The third kappa shape index (κ3) is 2.82. The topological polar surface area (TPSA) is 41.6 Å². The number of nitrogens with zero attached hydrogens (tertiary/aromatic N) is 3. The first-order valence-corrected chi connectivity index (χ1v) is 6.42. The Morgan fingerprint density at radius 3 is 2.68 bits per heavy atom. The molecule has 19 heavy (non-hydrogen) atoms. The molecule has 0 aliphatic carbocycles. The first-order valence-electron chi connectivity index (χ1n) is 6.42. The molecule has 2 rings (SSSR count). The van der Waals surface area contributed by atoms with Gasteiger partial charge in [-0.15, -0.1) is 0 Å². The molecule has 0 N–H and O–H groups in total. The van der Waals surface area contributed by atoms with Gasteiger partial charge in [0.2, 0.25) is 0 Å². The maximum absolute atomic E-state index is 13.8. The zero-order valence-corrected chi connectivity index (χ0v) is 11.2. The smallest absolute Gasteiger partial charge is 0.128 e. The summed E-state index contributed by atoms with van der Waals surface area (Å²) in [6.07, 6.45) is 1.72. The van der Waals surface area contributed by atoms with E-state index in [9.17, 15) is 4.39 Å². The Labute approximate surface area is 112 Å². The van der Waals surface area contributed by atoms with Crippen LogP contribution in [0.5, 0.6) is 0 Å². The van der Waals surface area contributed by atoms with Crippen LogP contribution in [0.2, 0.25) is 0 Å². The molecule has 98 valence electrons. The fraction of sp³-hybridized carbons (Fsp3) is 0.333. The van der Waals surface area contributed by atoms with Crippen LogP contribution in [0.15, 0.2) is 24.3 Å². The van der Waals surface area contributed by atoms with E-state index in [1.165, 1.54) is 12.1 Å². The Kier molecular flexibility index (Phi) is 3.96. The van der Waals surface area contributed by atoms with E-state index in [0.29, 0.717) is 17.7 Å². The molecule has 2 aromatic rings. The lowest BCUT2D eigenvalue weighted by molar-refractivity contribution is 0.573. The average molecular weight is 257 g/mol. The van der Waals surface area contributed by atoms with Crippen molar-refractivity contribution in [2.45, 2.75) is 33.2 Å². The lowest BCUT2D eigenvalue weighted by Crippen LogP contribution is -2.07.